The van der Waals surface area contributed by atoms with Crippen LogP contribution in [0, 0.1) is 11.8 Å². The molecule has 0 fully saturated rings. The molecule has 0 spiro atoms. The number of thiophene rings is 7. The summed E-state index contributed by atoms with van der Waals surface area (Å²) in [5.74, 6) is 2.55. The molecule has 0 aliphatic carbocycles. The van der Waals surface area contributed by atoms with Crippen molar-refractivity contribution in [2.75, 3.05) is 13.2 Å². The number of carbonyl (C=O) groups excluding carboxylic acids is 2. The Morgan fingerprint density at radius 3 is 1.19 bits per heavy atom. The third kappa shape index (κ3) is 16.7. The number of fused-ring (bicyclic) bond motifs is 4. The Balaban J connectivity index is 1.10. The van der Waals surface area contributed by atoms with E-state index in [0.717, 1.165) is 118 Å². The average Bonchev–Trinajstić information content (AvgIpc) is 1.61. The van der Waals surface area contributed by atoms with E-state index in [9.17, 15) is 9.59 Å². The van der Waals surface area contributed by atoms with Gasteiger partial charge < -0.3 is 9.47 Å². The lowest BCUT2D eigenvalue weighted by atomic mass is 9.94. The van der Waals surface area contributed by atoms with Crippen LogP contribution in [-0.4, -0.2) is 24.8 Å². The smallest absolute Gasteiger partial charge is 0.175 e. The van der Waals surface area contributed by atoms with Crippen LogP contribution in [0.2, 0.25) is 0 Å². The van der Waals surface area contributed by atoms with Crippen LogP contribution < -0.4 is 9.47 Å². The molecule has 7 heterocycles. The molecule has 0 saturated heterocycles. The molecule has 474 valence electrons. The van der Waals surface area contributed by atoms with Crippen molar-refractivity contribution in [3.05, 3.63) is 107 Å². The Morgan fingerprint density at radius 2 is 0.730 bits per heavy atom. The quantitative estimate of drug-likeness (QED) is 0.0283. The van der Waals surface area contributed by atoms with Crippen molar-refractivity contribution < 1.29 is 19.1 Å². The fraction of sp³-hybridized carbons (Fsp3) is 0.487. The predicted molar refractivity (Wildman–Crippen MR) is 399 cm³/mol. The molecule has 3 aromatic carbocycles. The molecule has 89 heavy (non-hydrogen) atoms. The largest absolute Gasteiger partial charge is 0.491 e. The van der Waals surface area contributed by atoms with Crippen molar-refractivity contribution in [1.82, 2.24) is 0 Å². The summed E-state index contributed by atoms with van der Waals surface area (Å²) in [5, 5.41) is 4.58. The van der Waals surface area contributed by atoms with E-state index in [1.54, 1.807) is 22.7 Å². The molecule has 0 radical (unpaired) electrons. The van der Waals surface area contributed by atoms with Crippen LogP contribution in [0.15, 0.2) is 97.1 Å². The number of unbranched alkanes of at least 4 members (excludes halogenated alkanes) is 20. The van der Waals surface area contributed by atoms with Gasteiger partial charge in [0.05, 0.1) is 61.3 Å². The molecule has 10 aromatic rings. The number of ketones is 2. The zero-order valence-electron chi connectivity index (χ0n) is 54.1. The highest BCUT2D eigenvalue weighted by Crippen LogP contribution is 2.58. The van der Waals surface area contributed by atoms with Crippen molar-refractivity contribution in [3.63, 3.8) is 0 Å². The lowest BCUT2D eigenvalue weighted by Crippen LogP contribution is -2.12. The van der Waals surface area contributed by atoms with Crippen LogP contribution in [0.5, 0.6) is 11.5 Å². The summed E-state index contributed by atoms with van der Waals surface area (Å²) < 4.78 is 19.3. The van der Waals surface area contributed by atoms with E-state index in [1.807, 2.05) is 56.7 Å². The molecule has 2 unspecified atom stereocenters. The third-order valence-electron chi connectivity index (χ3n) is 18.0. The number of carbonyl (C=O) groups is 2. The molecule has 2 atom stereocenters. The number of rotatable bonds is 41. The molecule has 10 rings (SSSR count). The van der Waals surface area contributed by atoms with Gasteiger partial charge in [-0.15, -0.1) is 79.4 Å². The van der Waals surface area contributed by atoms with Crippen molar-refractivity contribution in [3.8, 4) is 61.6 Å². The summed E-state index contributed by atoms with van der Waals surface area (Å²) in [7, 11) is 0. The number of benzene rings is 3. The summed E-state index contributed by atoms with van der Waals surface area (Å²) >= 11 is 12.7. The van der Waals surface area contributed by atoms with Crippen molar-refractivity contribution in [1.29, 1.82) is 0 Å². The van der Waals surface area contributed by atoms with E-state index in [4.69, 9.17) is 9.47 Å². The Labute approximate surface area is 560 Å². The molecular weight excluding hydrogens is 1230 g/mol. The number of ether oxygens (including phenoxy) is 2. The molecule has 7 aromatic heterocycles. The second-order valence-corrected chi connectivity index (χ2v) is 32.1. The molecule has 11 heteroatoms. The molecule has 0 N–H and O–H groups in total. The molecular formula is C78H96O4S7. The standard InChI is InChI=1S/C78H96O4S7/c1-7-13-17-19-21-23-25-27-29-37-47-81-69-57-49-65(73-60-52-63(67(79)53(11-5)39-15-9-3)84-76(60)71(88-73)56-43-35-32-36-44-56)86-74(57)70(82-48-38-30-28-26-24-22-20-18-14-8-2)58-50-66(87-75(58)69)78-77-59(51-64(85-77)68(80)54(12-6)40-16-10-4)72(89-78)62-46-45-61(83-62)55-41-33-31-34-42-55/h31-36,41-46,49-54H,7-30,37-40,47-48H2,1-6H3. The van der Waals surface area contributed by atoms with E-state index in [2.05, 4.69) is 139 Å². The van der Waals surface area contributed by atoms with Gasteiger partial charge in [-0.05, 0) is 86.1 Å². The van der Waals surface area contributed by atoms with Gasteiger partial charge in [-0.25, -0.2) is 0 Å². The predicted octanol–water partition coefficient (Wildman–Crippen LogP) is 28.5. The minimum atomic E-state index is 0.0239. The van der Waals surface area contributed by atoms with Crippen LogP contribution in [0.1, 0.15) is 241 Å². The SMILES string of the molecule is CCCCCCCCCCCCOc1c2cc(-c3sc(-c4ccc(-c5ccccc5)s4)c4cc(C(=O)C(CC)CCCC)sc34)sc2c(OCCCCCCCCCCCC)c2cc(-c3sc(-c4ccccc4)c4sc(C(=O)C(CC)CCCC)cc34)sc12. The number of hydrogen-bond acceptors (Lipinski definition) is 11. The van der Waals surface area contributed by atoms with Gasteiger partial charge in [0.15, 0.2) is 11.6 Å². The van der Waals surface area contributed by atoms with Crippen LogP contribution in [0.3, 0.4) is 0 Å². The first-order chi connectivity index (χ1) is 43.8. The maximum Gasteiger partial charge on any atom is 0.175 e. The topological polar surface area (TPSA) is 52.6 Å². The normalized spacial score (nSPS) is 12.6. The van der Waals surface area contributed by atoms with Crippen LogP contribution in [0.25, 0.3) is 90.5 Å². The molecule has 0 saturated carbocycles. The molecule has 0 amide bonds. The van der Waals surface area contributed by atoms with E-state index < -0.39 is 0 Å². The first-order valence-corrected chi connectivity index (χ1v) is 40.2. The Bertz CT molecular complexity index is 3720. The Morgan fingerprint density at radius 1 is 0.337 bits per heavy atom. The summed E-state index contributed by atoms with van der Waals surface area (Å²) in [6.45, 7) is 14.7. The molecule has 0 aliphatic heterocycles. The van der Waals surface area contributed by atoms with Gasteiger partial charge in [0.1, 0.15) is 11.5 Å². The van der Waals surface area contributed by atoms with Crippen LogP contribution >= 0.6 is 79.4 Å². The van der Waals surface area contributed by atoms with Crippen LogP contribution in [-0.2, 0) is 0 Å². The fourth-order valence-electron chi connectivity index (χ4n) is 12.7. The van der Waals surface area contributed by atoms with Gasteiger partial charge >= 0.3 is 0 Å². The van der Waals surface area contributed by atoms with Gasteiger partial charge in [0.25, 0.3) is 0 Å². The third-order valence-corrected chi connectivity index (χ3v) is 27.0. The summed E-state index contributed by atoms with van der Waals surface area (Å²) in [4.78, 5) is 40.6. The maximum atomic E-state index is 14.6. The first kappa shape index (κ1) is 67.4. The minimum absolute atomic E-state index is 0.0239. The lowest BCUT2D eigenvalue weighted by molar-refractivity contribution is 0.0905. The first-order valence-electron chi connectivity index (χ1n) is 34.5. The highest BCUT2D eigenvalue weighted by Gasteiger charge is 2.30. The fourth-order valence-corrected chi connectivity index (χ4v) is 21.7. The highest BCUT2D eigenvalue weighted by atomic mass is 32.1. The van der Waals surface area contributed by atoms with E-state index in [0.29, 0.717) is 24.8 Å². The monoisotopic (exact) mass is 1320 g/mol. The molecule has 0 aliphatic rings. The van der Waals surface area contributed by atoms with Gasteiger partial charge in [-0.1, -0.05) is 243 Å². The zero-order chi connectivity index (χ0) is 61.9. The zero-order valence-corrected chi connectivity index (χ0v) is 59.8. The minimum Gasteiger partial charge on any atom is -0.491 e. The lowest BCUT2D eigenvalue weighted by Gasteiger charge is -2.14. The second-order valence-electron chi connectivity index (χ2n) is 24.8. The maximum absolute atomic E-state index is 14.6. The van der Waals surface area contributed by atoms with E-state index in [1.165, 1.54) is 173 Å². The van der Waals surface area contributed by atoms with Gasteiger partial charge in [-0.3, -0.25) is 9.59 Å². The van der Waals surface area contributed by atoms with Gasteiger partial charge in [0, 0.05) is 52.9 Å². The molecule has 4 nitrogen and oxygen atoms in total. The van der Waals surface area contributed by atoms with E-state index >= 15 is 0 Å². The van der Waals surface area contributed by atoms with Crippen molar-refractivity contribution in [2.45, 2.75) is 221 Å². The number of hydrogen-bond donors (Lipinski definition) is 0. The van der Waals surface area contributed by atoms with Gasteiger partial charge in [0.2, 0.25) is 0 Å². The highest BCUT2D eigenvalue weighted by molar-refractivity contribution is 7.35. The summed E-state index contributed by atoms with van der Waals surface area (Å²) in [5.41, 5.74) is 2.41. The van der Waals surface area contributed by atoms with Crippen molar-refractivity contribution >= 4 is 131 Å². The van der Waals surface area contributed by atoms with Crippen molar-refractivity contribution in [2.24, 2.45) is 11.8 Å². The van der Waals surface area contributed by atoms with Gasteiger partial charge in [-0.2, -0.15) is 0 Å². The van der Waals surface area contributed by atoms with Crippen LogP contribution in [0.4, 0.5) is 0 Å². The number of Topliss-reactive ketones (excluding diaryl/α,β-unsaturated/α-hetero) is 2. The molecule has 0 bridgehead atoms. The van der Waals surface area contributed by atoms with E-state index in [-0.39, 0.29) is 11.8 Å². The summed E-state index contributed by atoms with van der Waals surface area (Å²) in [6, 6.07) is 35.4. The average molecular weight is 1320 g/mol. The summed E-state index contributed by atoms with van der Waals surface area (Å²) in [6.07, 6.45) is 33.2. The second kappa shape index (κ2) is 34.4. The Hall–Kier alpha value is -4.46. The Kier molecular flexibility index (Phi) is 26.1.